The van der Waals surface area contributed by atoms with Crippen LogP contribution in [0.5, 0.6) is 0 Å². The molecule has 0 aliphatic heterocycles. The van der Waals surface area contributed by atoms with Gasteiger partial charge in [-0.1, -0.05) is 0 Å². The van der Waals surface area contributed by atoms with Gasteiger partial charge in [-0.2, -0.15) is 13.2 Å². The fourth-order valence-corrected chi connectivity index (χ4v) is 0.663. The van der Waals surface area contributed by atoms with Crippen molar-refractivity contribution in [3.05, 3.63) is 4.72 Å². The first-order chi connectivity index (χ1) is 4.67. The summed E-state index contributed by atoms with van der Waals surface area (Å²) in [4.78, 5) is 9.86. The maximum Gasteiger partial charge on any atom is 0.483 e. The molecule has 0 fully saturated rings. The molecule has 0 atom stereocenters. The van der Waals surface area contributed by atoms with Gasteiger partial charge < -0.3 is 9.52 Å². The molecule has 0 aromatic heterocycles. The number of amides is 1. The second kappa shape index (κ2) is 4.22. The van der Waals surface area contributed by atoms with E-state index >= 15 is 0 Å². The van der Waals surface area contributed by atoms with Gasteiger partial charge in [0.15, 0.2) is 10.0 Å². The minimum absolute atomic E-state index is 0. The van der Waals surface area contributed by atoms with Gasteiger partial charge in [-0.25, -0.2) is 8.42 Å². The maximum absolute atomic E-state index is 11.4. The van der Waals surface area contributed by atoms with Crippen LogP contribution in [-0.2, 0) is 35.9 Å². The van der Waals surface area contributed by atoms with Crippen molar-refractivity contribution in [1.29, 1.82) is 0 Å². The fourth-order valence-electron chi connectivity index (χ4n) is 0.221. The van der Waals surface area contributed by atoms with Gasteiger partial charge in [0.05, 0.1) is 5.91 Å². The molecule has 1 amide bonds. The number of sulfonamides is 1. The normalized spacial score (nSPS) is 11.7. The van der Waals surface area contributed by atoms with Crippen molar-refractivity contribution in [2.75, 3.05) is 0 Å². The number of nitrogens with zero attached hydrogens (tertiary/aromatic N) is 1. The van der Waals surface area contributed by atoms with Crippen LogP contribution in [0, 0.1) is 0 Å². The average Bonchev–Trinajstić information content (AvgIpc) is 1.56. The quantitative estimate of drug-likeness (QED) is 0.670. The Morgan fingerprint density at radius 2 is 1.67 bits per heavy atom. The third-order valence-electron chi connectivity index (χ3n) is 0.541. The van der Waals surface area contributed by atoms with Crippen LogP contribution in [0.1, 0.15) is 6.92 Å². The van der Waals surface area contributed by atoms with Gasteiger partial charge >= 0.3 is 5.51 Å². The summed E-state index contributed by atoms with van der Waals surface area (Å²) in [5.41, 5.74) is -5.49. The van der Waals surface area contributed by atoms with E-state index in [4.69, 9.17) is 0 Å². The SMILES string of the molecule is CC(=O)[N-]S(=O)(=O)C(F)(F)F.[Pt]. The Hall–Kier alpha value is -0.102. The first-order valence-electron chi connectivity index (χ1n) is 2.21. The molecule has 0 bridgehead atoms. The number of alkyl halides is 3. The zero-order chi connectivity index (χ0) is 9.28. The maximum atomic E-state index is 11.4. The molecular formula is C3H3F3NO3PtS-. The third-order valence-corrected chi connectivity index (χ3v) is 1.62. The van der Waals surface area contributed by atoms with Crippen LogP contribution >= 0.6 is 0 Å². The summed E-state index contributed by atoms with van der Waals surface area (Å²) in [7, 11) is -5.62. The van der Waals surface area contributed by atoms with Crippen molar-refractivity contribution in [3.63, 3.8) is 0 Å². The number of halogens is 3. The van der Waals surface area contributed by atoms with E-state index in [0.29, 0.717) is 6.92 Å². The number of rotatable bonds is 1. The Morgan fingerprint density at radius 3 is 1.75 bits per heavy atom. The molecule has 0 aromatic rings. The van der Waals surface area contributed by atoms with Crippen LogP contribution < -0.4 is 0 Å². The first-order valence-corrected chi connectivity index (χ1v) is 3.65. The summed E-state index contributed by atoms with van der Waals surface area (Å²) in [6.45, 7) is 0.614. The van der Waals surface area contributed by atoms with Gasteiger partial charge in [0.1, 0.15) is 0 Å². The Balaban J connectivity index is 0. The number of hydrogen-bond acceptors (Lipinski definition) is 3. The van der Waals surface area contributed by atoms with E-state index in [1.165, 1.54) is 0 Å². The van der Waals surface area contributed by atoms with E-state index in [1.807, 2.05) is 4.72 Å². The van der Waals surface area contributed by atoms with Crippen molar-refractivity contribution in [2.45, 2.75) is 12.4 Å². The predicted octanol–water partition coefficient (Wildman–Crippen LogP) is 0.754. The third kappa shape index (κ3) is 4.06. The minimum Gasteiger partial charge on any atom is -0.539 e. The molecule has 0 saturated heterocycles. The van der Waals surface area contributed by atoms with Gasteiger partial charge in [-0.05, 0) is 6.92 Å². The standard InChI is InChI=1S/C3H4F3NO3S.Pt/c1-2(8)7-11(9,10)3(4,5)6;/h1H3,(H,7,8);/p-1. The Kier molecular flexibility index (Phi) is 5.08. The zero-order valence-electron chi connectivity index (χ0n) is 5.53. The molecule has 0 aromatic carbocycles. The van der Waals surface area contributed by atoms with Gasteiger partial charge in [0.25, 0.3) is 0 Å². The Bertz CT molecular complexity index is 258. The van der Waals surface area contributed by atoms with Gasteiger partial charge in [-0.3, -0.25) is 0 Å². The summed E-state index contributed by atoms with van der Waals surface area (Å²) >= 11 is 0. The molecule has 76 valence electrons. The molecule has 0 N–H and O–H groups in total. The van der Waals surface area contributed by atoms with E-state index in [0.717, 1.165) is 0 Å². The summed E-state index contributed by atoms with van der Waals surface area (Å²) in [6.07, 6.45) is 0. The van der Waals surface area contributed by atoms with E-state index in [1.54, 1.807) is 0 Å². The van der Waals surface area contributed by atoms with Crippen LogP contribution in [0.25, 0.3) is 4.72 Å². The second-order valence-electron chi connectivity index (χ2n) is 1.53. The first kappa shape index (κ1) is 14.4. The van der Waals surface area contributed by atoms with Crippen molar-refractivity contribution in [3.8, 4) is 0 Å². The number of carbonyl (C=O) groups is 1. The summed E-state index contributed by atoms with van der Waals surface area (Å²) in [5.74, 6) is -1.40. The molecule has 0 radical (unpaired) electrons. The Labute approximate surface area is 80.8 Å². The van der Waals surface area contributed by atoms with Crippen molar-refractivity contribution < 1.29 is 47.4 Å². The van der Waals surface area contributed by atoms with Gasteiger partial charge in [-0.15, -0.1) is 0 Å². The minimum atomic E-state index is -5.62. The Morgan fingerprint density at radius 1 is 1.33 bits per heavy atom. The number of carbonyl (C=O) groups excluding carboxylic acids is 1. The largest absolute Gasteiger partial charge is 0.539 e. The van der Waals surface area contributed by atoms with E-state index in [-0.39, 0.29) is 21.1 Å². The molecule has 12 heavy (non-hydrogen) atoms. The molecule has 0 aliphatic rings. The molecule has 0 unspecified atom stereocenters. The number of hydrogen-bond donors (Lipinski definition) is 0. The average molecular weight is 385 g/mol. The molecule has 0 aliphatic carbocycles. The summed E-state index contributed by atoms with van der Waals surface area (Å²) < 4.78 is 55.9. The van der Waals surface area contributed by atoms with Crippen LogP contribution in [0.4, 0.5) is 13.2 Å². The summed E-state index contributed by atoms with van der Waals surface area (Å²) in [6, 6.07) is 0. The monoisotopic (exact) mass is 385 g/mol. The summed E-state index contributed by atoms with van der Waals surface area (Å²) in [5, 5.41) is 0. The fraction of sp³-hybridized carbons (Fsp3) is 0.667. The molecule has 0 heterocycles. The molecule has 0 saturated carbocycles. The van der Waals surface area contributed by atoms with Crippen molar-refractivity contribution in [2.24, 2.45) is 0 Å². The van der Waals surface area contributed by atoms with Crippen molar-refractivity contribution in [1.82, 2.24) is 0 Å². The molecule has 0 rings (SSSR count). The molecular weight excluding hydrogens is 382 g/mol. The smallest absolute Gasteiger partial charge is 0.483 e. The van der Waals surface area contributed by atoms with Crippen LogP contribution in [0.2, 0.25) is 0 Å². The predicted molar refractivity (Wildman–Crippen MR) is 29.0 cm³/mol. The van der Waals surface area contributed by atoms with Crippen LogP contribution in [0.3, 0.4) is 0 Å². The van der Waals surface area contributed by atoms with E-state index in [2.05, 4.69) is 0 Å². The topological polar surface area (TPSA) is 65.3 Å². The van der Waals surface area contributed by atoms with Crippen LogP contribution in [0.15, 0.2) is 0 Å². The van der Waals surface area contributed by atoms with E-state index < -0.39 is 21.4 Å². The van der Waals surface area contributed by atoms with E-state index in [9.17, 15) is 26.4 Å². The van der Waals surface area contributed by atoms with Crippen LogP contribution in [-0.4, -0.2) is 19.8 Å². The molecule has 4 nitrogen and oxygen atoms in total. The molecule has 0 spiro atoms. The van der Waals surface area contributed by atoms with Gasteiger partial charge in [0, 0.05) is 21.1 Å². The van der Waals surface area contributed by atoms with Crippen molar-refractivity contribution >= 4 is 15.9 Å². The second-order valence-corrected chi connectivity index (χ2v) is 3.13. The zero-order valence-corrected chi connectivity index (χ0v) is 8.62. The molecule has 9 heteroatoms. The van der Waals surface area contributed by atoms with Gasteiger partial charge in [0.2, 0.25) is 0 Å².